The minimum absolute atomic E-state index is 0.0111. The van der Waals surface area contributed by atoms with Gasteiger partial charge >= 0.3 is 6.18 Å². The van der Waals surface area contributed by atoms with E-state index in [0.717, 1.165) is 42.4 Å². The Morgan fingerprint density at radius 1 is 1.11 bits per heavy atom. The Balaban J connectivity index is 2.50. The third-order valence-corrected chi connectivity index (χ3v) is 7.51. The molecule has 2 aromatic carbocycles. The summed E-state index contributed by atoms with van der Waals surface area (Å²) < 4.78 is 66.3. The van der Waals surface area contributed by atoms with Crippen LogP contribution < -0.4 is 9.62 Å². The smallest absolute Gasteiger partial charge is 0.354 e. The molecule has 2 rings (SSSR count). The lowest BCUT2D eigenvalue weighted by atomic mass is 10.1. The summed E-state index contributed by atoms with van der Waals surface area (Å²) in [5.41, 5.74) is 0.0154. The first kappa shape index (κ1) is 31.4. The van der Waals surface area contributed by atoms with Crippen molar-refractivity contribution in [2.45, 2.75) is 58.8 Å². The Morgan fingerprint density at radius 2 is 1.76 bits per heavy atom. The average molecular weight is 576 g/mol. The first-order valence-corrected chi connectivity index (χ1v) is 14.4. The Hall–Kier alpha value is -2.79. The van der Waals surface area contributed by atoms with E-state index in [-0.39, 0.29) is 24.6 Å². The van der Waals surface area contributed by atoms with Crippen LogP contribution in [0.15, 0.2) is 42.5 Å². The van der Waals surface area contributed by atoms with E-state index >= 15 is 0 Å². The summed E-state index contributed by atoms with van der Waals surface area (Å²) in [7, 11) is -4.20. The molecule has 0 aliphatic heterocycles. The van der Waals surface area contributed by atoms with Crippen molar-refractivity contribution in [3.05, 3.63) is 64.2 Å². The van der Waals surface area contributed by atoms with Gasteiger partial charge in [0.1, 0.15) is 12.6 Å². The lowest BCUT2D eigenvalue weighted by Gasteiger charge is -2.33. The van der Waals surface area contributed by atoms with Crippen LogP contribution in [0.4, 0.5) is 18.9 Å². The van der Waals surface area contributed by atoms with E-state index < -0.39 is 45.3 Å². The van der Waals surface area contributed by atoms with Gasteiger partial charge in [-0.25, -0.2) is 8.42 Å². The van der Waals surface area contributed by atoms with Crippen LogP contribution in [0.3, 0.4) is 0 Å². The molecule has 2 aromatic rings. The number of carbonyl (C=O) groups excluding carboxylic acids is 2. The van der Waals surface area contributed by atoms with Crippen LogP contribution in [-0.2, 0) is 32.3 Å². The molecule has 1 atom stereocenters. The first-order valence-electron chi connectivity index (χ1n) is 12.2. The van der Waals surface area contributed by atoms with Gasteiger partial charge in [0.2, 0.25) is 21.8 Å². The number of carbonyl (C=O) groups is 2. The maximum atomic E-state index is 13.7. The maximum absolute atomic E-state index is 13.7. The molecule has 12 heteroatoms. The third-order valence-electron chi connectivity index (χ3n) is 6.04. The summed E-state index contributed by atoms with van der Waals surface area (Å²) in [6, 6.07) is 8.95. The largest absolute Gasteiger partial charge is 0.417 e. The van der Waals surface area contributed by atoms with Crippen LogP contribution in [0.25, 0.3) is 0 Å². The molecule has 38 heavy (non-hydrogen) atoms. The van der Waals surface area contributed by atoms with E-state index in [1.54, 1.807) is 19.1 Å². The van der Waals surface area contributed by atoms with Crippen molar-refractivity contribution in [2.24, 2.45) is 0 Å². The molecule has 0 saturated heterocycles. The van der Waals surface area contributed by atoms with Crippen molar-refractivity contribution in [3.8, 4) is 0 Å². The highest BCUT2D eigenvalue weighted by Crippen LogP contribution is 2.37. The Bertz CT molecular complexity index is 1240. The second-order valence-corrected chi connectivity index (χ2v) is 11.3. The van der Waals surface area contributed by atoms with E-state index in [2.05, 4.69) is 5.32 Å². The second kappa shape index (κ2) is 13.3. The van der Waals surface area contributed by atoms with Crippen molar-refractivity contribution in [3.63, 3.8) is 0 Å². The fourth-order valence-corrected chi connectivity index (χ4v) is 4.96. The summed E-state index contributed by atoms with van der Waals surface area (Å²) in [6.07, 6.45) is -2.20. The van der Waals surface area contributed by atoms with Crippen molar-refractivity contribution in [1.82, 2.24) is 10.2 Å². The molecule has 0 fully saturated rings. The summed E-state index contributed by atoms with van der Waals surface area (Å²) >= 11 is 5.70. The highest BCUT2D eigenvalue weighted by Gasteiger charge is 2.36. The van der Waals surface area contributed by atoms with Gasteiger partial charge in [-0.05, 0) is 49.1 Å². The summed E-state index contributed by atoms with van der Waals surface area (Å²) in [5.74, 6) is -1.13. The average Bonchev–Trinajstić information content (AvgIpc) is 2.82. The van der Waals surface area contributed by atoms with Crippen LogP contribution in [-0.4, -0.2) is 50.5 Å². The number of alkyl halides is 3. The number of sulfonamides is 1. The van der Waals surface area contributed by atoms with Crippen molar-refractivity contribution >= 4 is 39.1 Å². The minimum atomic E-state index is -4.83. The number of unbranched alkanes of at least 4 members (excludes halogenated alkanes) is 1. The van der Waals surface area contributed by atoms with E-state index in [4.69, 9.17) is 11.6 Å². The monoisotopic (exact) mass is 575 g/mol. The number of halogens is 4. The van der Waals surface area contributed by atoms with E-state index in [0.29, 0.717) is 16.9 Å². The molecule has 0 heterocycles. The molecule has 0 radical (unpaired) electrons. The highest BCUT2D eigenvalue weighted by atomic mass is 35.5. The Kier molecular flexibility index (Phi) is 11.0. The molecule has 0 spiro atoms. The Labute approximate surface area is 227 Å². The van der Waals surface area contributed by atoms with Gasteiger partial charge in [0, 0.05) is 13.1 Å². The maximum Gasteiger partial charge on any atom is 0.417 e. The SMILES string of the molecule is CCCCNC(=O)[C@H](CC)N(Cc1ccccc1C)C(=O)CN(c1ccc(Cl)c(C(F)(F)F)c1)S(C)(=O)=O. The number of hydrogen-bond acceptors (Lipinski definition) is 4. The van der Waals surface area contributed by atoms with Crippen LogP contribution in [0.2, 0.25) is 5.02 Å². The van der Waals surface area contributed by atoms with Gasteiger partial charge in [0.25, 0.3) is 0 Å². The zero-order valence-corrected chi connectivity index (χ0v) is 23.4. The molecule has 0 aromatic heterocycles. The van der Waals surface area contributed by atoms with Gasteiger partial charge in [-0.3, -0.25) is 13.9 Å². The quantitative estimate of drug-likeness (QED) is 0.354. The number of hydrogen-bond donors (Lipinski definition) is 1. The fourth-order valence-electron chi connectivity index (χ4n) is 3.90. The predicted molar refractivity (Wildman–Crippen MR) is 142 cm³/mol. The summed E-state index contributed by atoms with van der Waals surface area (Å²) in [5, 5.41) is 2.21. The van der Waals surface area contributed by atoms with Crippen molar-refractivity contribution in [1.29, 1.82) is 0 Å². The first-order chi connectivity index (χ1) is 17.7. The molecule has 0 saturated carbocycles. The highest BCUT2D eigenvalue weighted by molar-refractivity contribution is 7.92. The van der Waals surface area contributed by atoms with Crippen LogP contribution in [0.1, 0.15) is 49.8 Å². The second-order valence-electron chi connectivity index (χ2n) is 8.95. The van der Waals surface area contributed by atoms with Crippen LogP contribution in [0, 0.1) is 6.92 Å². The minimum Gasteiger partial charge on any atom is -0.354 e. The van der Waals surface area contributed by atoms with E-state index in [1.807, 2.05) is 26.0 Å². The third kappa shape index (κ3) is 8.36. The van der Waals surface area contributed by atoms with Crippen molar-refractivity contribution in [2.75, 3.05) is 23.7 Å². The van der Waals surface area contributed by atoms with Gasteiger partial charge in [-0.15, -0.1) is 0 Å². The normalized spacial score (nSPS) is 12.6. The van der Waals surface area contributed by atoms with Gasteiger partial charge in [0.15, 0.2) is 0 Å². The standard InChI is InChI=1S/C26H33ClF3N3O4S/c1-5-7-14-31-25(35)23(6-2)32(16-19-11-9-8-10-18(19)3)24(34)17-33(38(4,36)37)20-12-13-22(27)21(15-20)26(28,29)30/h8-13,15,23H,5-7,14,16-17H2,1-4H3,(H,31,35)/t23-/m0/s1. The van der Waals surface area contributed by atoms with E-state index in [1.165, 1.54) is 4.90 Å². The number of benzene rings is 2. The van der Waals surface area contributed by atoms with Gasteiger partial charge < -0.3 is 10.2 Å². The molecule has 2 amide bonds. The molecule has 0 aliphatic carbocycles. The molecule has 7 nitrogen and oxygen atoms in total. The van der Waals surface area contributed by atoms with Crippen molar-refractivity contribution < 1.29 is 31.2 Å². The lowest BCUT2D eigenvalue weighted by molar-refractivity contribution is -0.140. The van der Waals surface area contributed by atoms with Crippen LogP contribution in [0.5, 0.6) is 0 Å². The van der Waals surface area contributed by atoms with Crippen LogP contribution >= 0.6 is 11.6 Å². The number of nitrogens with zero attached hydrogens (tertiary/aromatic N) is 2. The van der Waals surface area contributed by atoms with Gasteiger partial charge in [0.05, 0.1) is 22.5 Å². The number of aryl methyl sites for hydroxylation is 1. The summed E-state index contributed by atoms with van der Waals surface area (Å²) in [6.45, 7) is 5.16. The predicted octanol–water partition coefficient (Wildman–Crippen LogP) is 5.16. The molecule has 1 N–H and O–H groups in total. The fraction of sp³-hybridized carbons (Fsp3) is 0.462. The molecular weight excluding hydrogens is 543 g/mol. The molecule has 0 unspecified atom stereocenters. The topological polar surface area (TPSA) is 86.8 Å². The molecule has 0 bridgehead atoms. The number of amides is 2. The molecular formula is C26H33ClF3N3O4S. The number of nitrogens with one attached hydrogen (secondary N) is 1. The molecule has 210 valence electrons. The molecule has 0 aliphatic rings. The van der Waals surface area contributed by atoms with E-state index in [9.17, 15) is 31.2 Å². The Morgan fingerprint density at radius 3 is 2.32 bits per heavy atom. The number of rotatable bonds is 12. The lowest BCUT2D eigenvalue weighted by Crippen LogP contribution is -2.52. The summed E-state index contributed by atoms with van der Waals surface area (Å²) in [4.78, 5) is 28.0. The zero-order valence-electron chi connectivity index (χ0n) is 21.8. The van der Waals surface area contributed by atoms with Gasteiger partial charge in [-0.1, -0.05) is 56.1 Å². The number of anilines is 1. The zero-order chi connectivity index (χ0) is 28.7. The van der Waals surface area contributed by atoms with Gasteiger partial charge in [-0.2, -0.15) is 13.2 Å².